The molecule has 0 radical (unpaired) electrons. The lowest BCUT2D eigenvalue weighted by Gasteiger charge is -2.21. The zero-order valence-corrected chi connectivity index (χ0v) is 17.4. The van der Waals surface area contributed by atoms with Gasteiger partial charge in [0.15, 0.2) is 5.96 Å². The van der Waals surface area contributed by atoms with Crippen LogP contribution in [0.2, 0.25) is 0 Å². The standard InChI is InChI=1S/C18H22N6O.HI/c1-19-18(23(2)11-14-9-21-24(3)12-14)20-10-16-13-25-17(22-16)15-7-5-4-6-8-15;/h4-9,12-13H,10-11H2,1-3H3,(H,19,20);1H. The van der Waals surface area contributed by atoms with Gasteiger partial charge < -0.3 is 14.6 Å². The smallest absolute Gasteiger partial charge is 0.226 e. The zero-order chi connectivity index (χ0) is 17.6. The van der Waals surface area contributed by atoms with Crippen molar-refractivity contribution in [3.8, 4) is 11.5 Å². The largest absolute Gasteiger partial charge is 0.444 e. The number of benzene rings is 1. The minimum absolute atomic E-state index is 0. The molecule has 0 fully saturated rings. The van der Waals surface area contributed by atoms with Gasteiger partial charge in [0.25, 0.3) is 0 Å². The summed E-state index contributed by atoms with van der Waals surface area (Å²) >= 11 is 0. The summed E-state index contributed by atoms with van der Waals surface area (Å²) < 4.78 is 7.35. The number of nitrogens with zero attached hydrogens (tertiary/aromatic N) is 5. The molecule has 2 heterocycles. The number of hydrogen-bond acceptors (Lipinski definition) is 4. The van der Waals surface area contributed by atoms with E-state index in [4.69, 9.17) is 4.42 Å². The van der Waals surface area contributed by atoms with Crippen LogP contribution in [0.15, 0.2) is 58.4 Å². The SMILES string of the molecule is CN=C(NCc1coc(-c2ccccc2)n1)N(C)Cc1cnn(C)c1.I. The summed E-state index contributed by atoms with van der Waals surface area (Å²) in [6, 6.07) is 9.85. The minimum Gasteiger partial charge on any atom is -0.444 e. The Morgan fingerprint density at radius 3 is 2.73 bits per heavy atom. The van der Waals surface area contributed by atoms with Crippen LogP contribution < -0.4 is 5.32 Å². The summed E-state index contributed by atoms with van der Waals surface area (Å²) in [5.41, 5.74) is 2.92. The van der Waals surface area contributed by atoms with Crippen LogP contribution in [-0.2, 0) is 20.1 Å². The van der Waals surface area contributed by atoms with Crippen molar-refractivity contribution in [2.24, 2.45) is 12.0 Å². The number of rotatable bonds is 5. The summed E-state index contributed by atoms with van der Waals surface area (Å²) in [6.07, 6.45) is 5.52. The van der Waals surface area contributed by atoms with Crippen molar-refractivity contribution in [2.45, 2.75) is 13.1 Å². The Morgan fingerprint density at radius 2 is 2.08 bits per heavy atom. The predicted molar refractivity (Wildman–Crippen MR) is 112 cm³/mol. The third-order valence-corrected chi connectivity index (χ3v) is 3.75. The average molecular weight is 466 g/mol. The lowest BCUT2D eigenvalue weighted by atomic mass is 10.2. The van der Waals surface area contributed by atoms with Crippen molar-refractivity contribution in [1.82, 2.24) is 25.0 Å². The Balaban J connectivity index is 0.00000243. The van der Waals surface area contributed by atoms with Crippen LogP contribution in [0, 0.1) is 0 Å². The Labute approximate surface area is 170 Å². The highest BCUT2D eigenvalue weighted by Gasteiger charge is 2.10. The van der Waals surface area contributed by atoms with E-state index in [-0.39, 0.29) is 24.0 Å². The lowest BCUT2D eigenvalue weighted by Crippen LogP contribution is -2.38. The van der Waals surface area contributed by atoms with Gasteiger partial charge in [-0.05, 0) is 12.1 Å². The second-order valence-electron chi connectivity index (χ2n) is 5.79. The van der Waals surface area contributed by atoms with Gasteiger partial charge in [0.1, 0.15) is 6.26 Å². The first kappa shape index (κ1) is 20.0. The molecule has 7 nitrogen and oxygen atoms in total. The average Bonchev–Trinajstić information content (AvgIpc) is 3.25. The van der Waals surface area contributed by atoms with E-state index in [0.29, 0.717) is 12.4 Å². The molecule has 1 aromatic carbocycles. The second-order valence-corrected chi connectivity index (χ2v) is 5.79. The molecule has 138 valence electrons. The topological polar surface area (TPSA) is 71.5 Å². The minimum atomic E-state index is 0. The number of aliphatic imine (C=N–C) groups is 1. The number of guanidine groups is 1. The molecule has 2 aromatic heterocycles. The van der Waals surface area contributed by atoms with E-state index in [1.54, 1.807) is 18.0 Å². The first-order valence-corrected chi connectivity index (χ1v) is 8.05. The van der Waals surface area contributed by atoms with E-state index in [9.17, 15) is 0 Å². The maximum Gasteiger partial charge on any atom is 0.226 e. The van der Waals surface area contributed by atoms with Crippen LogP contribution in [0.4, 0.5) is 0 Å². The molecule has 0 saturated heterocycles. The van der Waals surface area contributed by atoms with E-state index in [0.717, 1.165) is 29.3 Å². The Bertz CT molecular complexity index is 842. The number of oxazole rings is 1. The summed E-state index contributed by atoms with van der Waals surface area (Å²) in [4.78, 5) is 10.9. The number of hydrogen-bond donors (Lipinski definition) is 1. The first-order valence-electron chi connectivity index (χ1n) is 8.05. The van der Waals surface area contributed by atoms with Crippen LogP contribution in [-0.4, -0.2) is 39.7 Å². The number of aryl methyl sites for hydroxylation is 1. The maximum absolute atomic E-state index is 5.56. The maximum atomic E-state index is 5.56. The molecule has 1 N–H and O–H groups in total. The molecule has 0 spiro atoms. The quantitative estimate of drug-likeness (QED) is 0.356. The van der Waals surface area contributed by atoms with Crippen LogP contribution >= 0.6 is 24.0 Å². The van der Waals surface area contributed by atoms with Gasteiger partial charge in [-0.1, -0.05) is 18.2 Å². The summed E-state index contributed by atoms with van der Waals surface area (Å²) in [7, 11) is 5.66. The lowest BCUT2D eigenvalue weighted by molar-refractivity contribution is 0.475. The molecule has 0 unspecified atom stereocenters. The molecule has 26 heavy (non-hydrogen) atoms. The zero-order valence-electron chi connectivity index (χ0n) is 15.1. The monoisotopic (exact) mass is 466 g/mol. The van der Waals surface area contributed by atoms with Crippen molar-refractivity contribution >= 4 is 29.9 Å². The van der Waals surface area contributed by atoms with Crippen molar-refractivity contribution < 1.29 is 4.42 Å². The highest BCUT2D eigenvalue weighted by Crippen LogP contribution is 2.17. The number of halogens is 1. The Hall–Kier alpha value is -2.36. The van der Waals surface area contributed by atoms with Crippen LogP contribution in [0.3, 0.4) is 0 Å². The van der Waals surface area contributed by atoms with Crippen molar-refractivity contribution in [1.29, 1.82) is 0 Å². The Kier molecular flexibility index (Phi) is 7.19. The Morgan fingerprint density at radius 1 is 1.31 bits per heavy atom. The van der Waals surface area contributed by atoms with Crippen LogP contribution in [0.1, 0.15) is 11.3 Å². The third-order valence-electron chi connectivity index (χ3n) is 3.75. The summed E-state index contributed by atoms with van der Waals surface area (Å²) in [6.45, 7) is 1.27. The van der Waals surface area contributed by atoms with Gasteiger partial charge in [0.05, 0.1) is 18.4 Å². The molecular weight excluding hydrogens is 443 g/mol. The van der Waals surface area contributed by atoms with E-state index in [1.807, 2.05) is 61.7 Å². The molecule has 8 heteroatoms. The highest BCUT2D eigenvalue weighted by atomic mass is 127. The van der Waals surface area contributed by atoms with E-state index in [2.05, 4.69) is 20.4 Å². The molecule has 0 aliphatic heterocycles. The van der Waals surface area contributed by atoms with E-state index in [1.165, 1.54) is 0 Å². The molecule has 0 amide bonds. The van der Waals surface area contributed by atoms with Gasteiger partial charge in [0.2, 0.25) is 5.89 Å². The predicted octanol–water partition coefficient (Wildman–Crippen LogP) is 2.90. The van der Waals surface area contributed by atoms with Crippen molar-refractivity contribution in [3.63, 3.8) is 0 Å². The van der Waals surface area contributed by atoms with Gasteiger partial charge in [-0.2, -0.15) is 5.10 Å². The van der Waals surface area contributed by atoms with Gasteiger partial charge in [-0.25, -0.2) is 4.98 Å². The van der Waals surface area contributed by atoms with E-state index < -0.39 is 0 Å². The fourth-order valence-electron chi connectivity index (χ4n) is 2.56. The first-order chi connectivity index (χ1) is 12.2. The molecule has 0 aliphatic carbocycles. The molecule has 3 aromatic rings. The third kappa shape index (κ3) is 5.07. The number of nitrogens with one attached hydrogen (secondary N) is 1. The molecule has 0 atom stereocenters. The molecule has 0 saturated carbocycles. The fraction of sp³-hybridized carbons (Fsp3) is 0.278. The van der Waals surface area contributed by atoms with Crippen LogP contribution in [0.5, 0.6) is 0 Å². The fourth-order valence-corrected chi connectivity index (χ4v) is 2.56. The summed E-state index contributed by atoms with van der Waals surface area (Å²) in [5, 5.41) is 7.49. The van der Waals surface area contributed by atoms with Gasteiger partial charge in [-0.3, -0.25) is 9.67 Å². The van der Waals surface area contributed by atoms with Crippen molar-refractivity contribution in [2.75, 3.05) is 14.1 Å². The van der Waals surface area contributed by atoms with Crippen LogP contribution in [0.25, 0.3) is 11.5 Å². The second kappa shape index (κ2) is 9.37. The van der Waals surface area contributed by atoms with Gasteiger partial charge in [0, 0.05) is 45.0 Å². The van der Waals surface area contributed by atoms with Crippen molar-refractivity contribution in [3.05, 3.63) is 60.2 Å². The highest BCUT2D eigenvalue weighted by molar-refractivity contribution is 14.0. The normalized spacial score (nSPS) is 11.1. The summed E-state index contributed by atoms with van der Waals surface area (Å²) in [5.74, 6) is 1.41. The van der Waals surface area contributed by atoms with E-state index >= 15 is 0 Å². The molecular formula is C18H23IN6O. The van der Waals surface area contributed by atoms with Gasteiger partial charge >= 0.3 is 0 Å². The molecule has 3 rings (SSSR count). The van der Waals surface area contributed by atoms with Gasteiger partial charge in [-0.15, -0.1) is 24.0 Å². The molecule has 0 bridgehead atoms. The molecule has 0 aliphatic rings. The number of aromatic nitrogens is 3.